The Balaban J connectivity index is 3.95. The third kappa shape index (κ3) is 4.58. The lowest BCUT2D eigenvalue weighted by molar-refractivity contribution is 0.240. The lowest BCUT2D eigenvalue weighted by atomic mass is 9.77. The van der Waals surface area contributed by atoms with E-state index < -0.39 is 0 Å². The highest BCUT2D eigenvalue weighted by atomic mass is 14.3. The third-order valence-corrected chi connectivity index (χ3v) is 2.71. The van der Waals surface area contributed by atoms with Gasteiger partial charge in [0.15, 0.2) is 0 Å². The molecule has 0 saturated heterocycles. The number of hydrogen-bond donors (Lipinski definition) is 0. The molecule has 0 aromatic rings. The quantitative estimate of drug-likeness (QED) is 0.538. The molecule has 0 aliphatic carbocycles. The first kappa shape index (κ1) is 11.7. The van der Waals surface area contributed by atoms with Gasteiger partial charge in [-0.25, -0.2) is 0 Å². The van der Waals surface area contributed by atoms with Gasteiger partial charge in [-0.1, -0.05) is 40.7 Å². The molecule has 0 N–H and O–H groups in total. The molecule has 72 valence electrons. The van der Waals surface area contributed by atoms with E-state index in [1.165, 1.54) is 6.42 Å². The fraction of sp³-hybridized carbons (Fsp3) is 0.833. The molecule has 0 aliphatic heterocycles. The maximum Gasteiger partial charge on any atom is -0.0302 e. The van der Waals surface area contributed by atoms with E-state index in [4.69, 9.17) is 0 Å². The van der Waals surface area contributed by atoms with E-state index in [-0.39, 0.29) is 0 Å². The van der Waals surface area contributed by atoms with Gasteiger partial charge in [-0.3, -0.25) is 0 Å². The molecule has 0 amide bonds. The molecule has 1 unspecified atom stereocenters. The van der Waals surface area contributed by atoms with Gasteiger partial charge in [-0.15, -0.1) is 6.58 Å². The van der Waals surface area contributed by atoms with Gasteiger partial charge in [0.2, 0.25) is 0 Å². The zero-order valence-corrected chi connectivity index (χ0v) is 9.35. The van der Waals surface area contributed by atoms with Crippen molar-refractivity contribution in [3.05, 3.63) is 12.7 Å². The van der Waals surface area contributed by atoms with Crippen LogP contribution in [0.3, 0.4) is 0 Å². The summed E-state index contributed by atoms with van der Waals surface area (Å²) in [6.07, 6.45) is 4.47. The molecule has 0 bridgehead atoms. The Morgan fingerprint density at radius 2 is 1.75 bits per heavy atom. The van der Waals surface area contributed by atoms with E-state index in [9.17, 15) is 0 Å². The van der Waals surface area contributed by atoms with Crippen molar-refractivity contribution in [1.29, 1.82) is 0 Å². The summed E-state index contributed by atoms with van der Waals surface area (Å²) in [7, 11) is 0. The first-order valence-corrected chi connectivity index (χ1v) is 5.00. The lowest BCUT2D eigenvalue weighted by Gasteiger charge is -2.28. The minimum atomic E-state index is 0.436. The van der Waals surface area contributed by atoms with Crippen molar-refractivity contribution in [3.8, 4) is 0 Å². The minimum Gasteiger partial charge on any atom is -0.103 e. The van der Waals surface area contributed by atoms with Gasteiger partial charge in [0.05, 0.1) is 0 Å². The topological polar surface area (TPSA) is 0 Å². The fourth-order valence-electron chi connectivity index (χ4n) is 1.58. The Hall–Kier alpha value is -0.260. The van der Waals surface area contributed by atoms with E-state index >= 15 is 0 Å². The second-order valence-electron chi connectivity index (χ2n) is 5.08. The highest BCUT2D eigenvalue weighted by Crippen LogP contribution is 2.32. The summed E-state index contributed by atoms with van der Waals surface area (Å²) < 4.78 is 0. The molecule has 12 heavy (non-hydrogen) atoms. The van der Waals surface area contributed by atoms with Crippen molar-refractivity contribution in [2.75, 3.05) is 0 Å². The van der Waals surface area contributed by atoms with Crippen LogP contribution in [0.2, 0.25) is 0 Å². The summed E-state index contributed by atoms with van der Waals surface area (Å²) in [5, 5.41) is 0. The molecule has 0 heterocycles. The highest BCUT2D eigenvalue weighted by molar-refractivity contribution is 4.81. The van der Waals surface area contributed by atoms with Crippen molar-refractivity contribution in [1.82, 2.24) is 0 Å². The second kappa shape index (κ2) is 4.69. The van der Waals surface area contributed by atoms with Gasteiger partial charge in [-0.05, 0) is 30.1 Å². The largest absolute Gasteiger partial charge is 0.103 e. The van der Waals surface area contributed by atoms with Crippen LogP contribution in [0.5, 0.6) is 0 Å². The standard InChI is InChI=1S/C12H24/c1-7-8-12(5,6)9-11(4)10(2)3/h7,10-11H,1,8-9H2,2-6H3. The number of hydrogen-bond acceptors (Lipinski definition) is 0. The van der Waals surface area contributed by atoms with Gasteiger partial charge in [0, 0.05) is 0 Å². The van der Waals surface area contributed by atoms with Crippen molar-refractivity contribution >= 4 is 0 Å². The zero-order valence-electron chi connectivity index (χ0n) is 9.35. The molecule has 0 fully saturated rings. The monoisotopic (exact) mass is 168 g/mol. The van der Waals surface area contributed by atoms with Gasteiger partial charge >= 0.3 is 0 Å². The molecule has 1 atom stereocenters. The van der Waals surface area contributed by atoms with Crippen LogP contribution < -0.4 is 0 Å². The average Bonchev–Trinajstić information content (AvgIpc) is 1.85. The number of allylic oxidation sites excluding steroid dienone is 1. The molecule has 0 saturated carbocycles. The van der Waals surface area contributed by atoms with Crippen LogP contribution >= 0.6 is 0 Å². The smallest absolute Gasteiger partial charge is 0.0302 e. The fourth-order valence-corrected chi connectivity index (χ4v) is 1.58. The normalized spacial score (nSPS) is 14.8. The van der Waals surface area contributed by atoms with Crippen LogP contribution in [0.25, 0.3) is 0 Å². The predicted octanol–water partition coefficient (Wildman–Crippen LogP) is 4.27. The molecule has 0 aromatic carbocycles. The molecule has 0 aromatic heterocycles. The van der Waals surface area contributed by atoms with Crippen LogP contribution in [0.4, 0.5) is 0 Å². The van der Waals surface area contributed by atoms with Gasteiger partial charge in [-0.2, -0.15) is 0 Å². The molecule has 0 aliphatic rings. The van der Waals surface area contributed by atoms with Crippen molar-refractivity contribution in [3.63, 3.8) is 0 Å². The summed E-state index contributed by atoms with van der Waals surface area (Å²) in [5.41, 5.74) is 0.436. The molecular formula is C12H24. The van der Waals surface area contributed by atoms with E-state index in [0.29, 0.717) is 5.41 Å². The summed E-state index contributed by atoms with van der Waals surface area (Å²) >= 11 is 0. The van der Waals surface area contributed by atoms with Gasteiger partial charge in [0.25, 0.3) is 0 Å². The molecule has 0 radical (unpaired) electrons. The third-order valence-electron chi connectivity index (χ3n) is 2.71. The van der Waals surface area contributed by atoms with Crippen LogP contribution in [-0.2, 0) is 0 Å². The van der Waals surface area contributed by atoms with Crippen molar-refractivity contribution in [2.24, 2.45) is 17.3 Å². The Labute approximate surface area is 78.1 Å². The Morgan fingerprint density at radius 1 is 1.25 bits per heavy atom. The Kier molecular flexibility index (Phi) is 4.59. The summed E-state index contributed by atoms with van der Waals surface area (Å²) in [6, 6.07) is 0. The molecule has 0 nitrogen and oxygen atoms in total. The van der Waals surface area contributed by atoms with E-state index in [2.05, 4.69) is 41.2 Å². The molecule has 0 heteroatoms. The maximum atomic E-state index is 3.80. The average molecular weight is 168 g/mol. The second-order valence-corrected chi connectivity index (χ2v) is 5.08. The van der Waals surface area contributed by atoms with Crippen molar-refractivity contribution in [2.45, 2.75) is 47.5 Å². The highest BCUT2D eigenvalue weighted by Gasteiger charge is 2.20. The summed E-state index contributed by atoms with van der Waals surface area (Å²) in [6.45, 7) is 15.4. The summed E-state index contributed by atoms with van der Waals surface area (Å²) in [4.78, 5) is 0. The Bertz CT molecular complexity index is 131. The first-order valence-electron chi connectivity index (χ1n) is 5.00. The van der Waals surface area contributed by atoms with E-state index in [0.717, 1.165) is 18.3 Å². The predicted molar refractivity (Wildman–Crippen MR) is 57.2 cm³/mol. The minimum absolute atomic E-state index is 0.436. The number of rotatable bonds is 5. The van der Waals surface area contributed by atoms with Crippen LogP contribution in [0, 0.1) is 17.3 Å². The molecule has 0 rings (SSSR count). The van der Waals surface area contributed by atoms with E-state index in [1.54, 1.807) is 0 Å². The maximum absolute atomic E-state index is 3.80. The van der Waals surface area contributed by atoms with Crippen LogP contribution in [0.1, 0.15) is 47.5 Å². The Morgan fingerprint density at radius 3 is 2.08 bits per heavy atom. The van der Waals surface area contributed by atoms with E-state index in [1.807, 2.05) is 6.08 Å². The van der Waals surface area contributed by atoms with Gasteiger partial charge in [0.1, 0.15) is 0 Å². The van der Waals surface area contributed by atoms with Crippen LogP contribution in [-0.4, -0.2) is 0 Å². The van der Waals surface area contributed by atoms with Crippen LogP contribution in [0.15, 0.2) is 12.7 Å². The molecular weight excluding hydrogens is 144 g/mol. The van der Waals surface area contributed by atoms with Gasteiger partial charge < -0.3 is 0 Å². The van der Waals surface area contributed by atoms with Crippen molar-refractivity contribution < 1.29 is 0 Å². The lowest BCUT2D eigenvalue weighted by Crippen LogP contribution is -2.17. The first-order chi connectivity index (χ1) is 5.39. The SMILES string of the molecule is C=CCC(C)(C)CC(C)C(C)C. The summed E-state index contributed by atoms with van der Waals surface area (Å²) in [5.74, 6) is 1.62. The zero-order chi connectivity index (χ0) is 9.78. The molecule has 0 spiro atoms.